The Morgan fingerprint density at radius 2 is 2.04 bits per heavy atom. The number of aromatic nitrogens is 1. The van der Waals surface area contributed by atoms with Crippen molar-refractivity contribution in [2.45, 2.75) is 38.9 Å². The minimum absolute atomic E-state index is 0.0617. The van der Waals surface area contributed by atoms with Crippen molar-refractivity contribution in [2.75, 3.05) is 11.1 Å². The Hall–Kier alpha value is -1.86. The number of thiazole rings is 1. The highest BCUT2D eigenvalue weighted by molar-refractivity contribution is 7.99. The van der Waals surface area contributed by atoms with Gasteiger partial charge in [0.25, 0.3) is 5.91 Å². The van der Waals surface area contributed by atoms with Crippen LogP contribution in [-0.4, -0.2) is 27.7 Å². The van der Waals surface area contributed by atoms with Crippen LogP contribution in [0.5, 0.6) is 0 Å². The van der Waals surface area contributed by atoms with Crippen molar-refractivity contribution in [3.8, 4) is 0 Å². The van der Waals surface area contributed by atoms with Crippen LogP contribution < -0.4 is 5.32 Å². The summed E-state index contributed by atoms with van der Waals surface area (Å²) in [7, 11) is 0. The molecule has 134 valence electrons. The number of nitrogens with zero attached hydrogens (tertiary/aromatic N) is 1. The molecule has 1 aromatic heterocycles. The Labute approximate surface area is 155 Å². The van der Waals surface area contributed by atoms with Crippen LogP contribution in [0.15, 0.2) is 24.3 Å². The molecular formula is C18H22N2O3S2. The van der Waals surface area contributed by atoms with E-state index in [1.165, 1.54) is 23.1 Å². The molecule has 0 unspecified atom stereocenters. The summed E-state index contributed by atoms with van der Waals surface area (Å²) in [5.41, 5.74) is 2.32. The third kappa shape index (κ3) is 5.57. The predicted octanol–water partition coefficient (Wildman–Crippen LogP) is 4.32. The molecule has 0 atom stereocenters. The van der Waals surface area contributed by atoms with Gasteiger partial charge in [-0.2, -0.15) is 0 Å². The van der Waals surface area contributed by atoms with Gasteiger partial charge in [0.1, 0.15) is 4.88 Å². The van der Waals surface area contributed by atoms with Gasteiger partial charge in [-0.1, -0.05) is 32.9 Å². The first kappa shape index (κ1) is 19.5. The van der Waals surface area contributed by atoms with Gasteiger partial charge < -0.3 is 10.4 Å². The number of nitrogens with one attached hydrogen (secondary N) is 1. The number of carboxylic acids is 1. The molecule has 1 amide bonds. The number of hydrogen-bond donors (Lipinski definition) is 2. The highest BCUT2D eigenvalue weighted by atomic mass is 32.2. The Balaban J connectivity index is 2.08. The van der Waals surface area contributed by atoms with E-state index in [0.29, 0.717) is 16.3 Å². The van der Waals surface area contributed by atoms with E-state index in [1.807, 2.05) is 31.2 Å². The van der Waals surface area contributed by atoms with Crippen LogP contribution in [-0.2, 0) is 16.0 Å². The summed E-state index contributed by atoms with van der Waals surface area (Å²) < 4.78 is 0. The number of aliphatic carboxylic acids is 1. The van der Waals surface area contributed by atoms with Crippen molar-refractivity contribution >= 4 is 40.7 Å². The molecule has 1 heterocycles. The van der Waals surface area contributed by atoms with E-state index in [4.69, 9.17) is 5.11 Å². The number of hydrogen-bond acceptors (Lipinski definition) is 5. The number of anilines is 1. The first-order chi connectivity index (χ1) is 11.7. The average Bonchev–Trinajstić information content (AvgIpc) is 2.89. The van der Waals surface area contributed by atoms with Crippen molar-refractivity contribution in [3.63, 3.8) is 0 Å². The maximum atomic E-state index is 12.6. The molecule has 0 spiro atoms. The smallest absolute Gasteiger partial charge is 0.313 e. The molecule has 0 aliphatic carbocycles. The van der Waals surface area contributed by atoms with Crippen LogP contribution in [0.1, 0.15) is 46.7 Å². The molecule has 2 N–H and O–H groups in total. The fourth-order valence-corrected chi connectivity index (χ4v) is 3.82. The summed E-state index contributed by atoms with van der Waals surface area (Å²) in [5, 5.41) is 12.5. The van der Waals surface area contributed by atoms with Gasteiger partial charge in [-0.15, -0.1) is 23.1 Å². The molecule has 25 heavy (non-hydrogen) atoms. The van der Waals surface area contributed by atoms with Gasteiger partial charge >= 0.3 is 5.97 Å². The maximum Gasteiger partial charge on any atom is 0.313 e. The van der Waals surface area contributed by atoms with Crippen molar-refractivity contribution in [2.24, 2.45) is 0 Å². The predicted molar refractivity (Wildman–Crippen MR) is 104 cm³/mol. The van der Waals surface area contributed by atoms with Gasteiger partial charge in [0.2, 0.25) is 0 Å². The number of amides is 1. The monoisotopic (exact) mass is 378 g/mol. The van der Waals surface area contributed by atoms with Crippen LogP contribution in [0.3, 0.4) is 0 Å². The Morgan fingerprint density at radius 1 is 1.32 bits per heavy atom. The minimum atomic E-state index is -0.829. The lowest BCUT2D eigenvalue weighted by atomic mass is 9.98. The molecule has 0 saturated heterocycles. The molecule has 0 radical (unpaired) electrons. The number of carboxylic acid groups (broad SMARTS) is 1. The number of carbonyl (C=O) groups is 2. The molecule has 0 saturated carbocycles. The largest absolute Gasteiger partial charge is 0.481 e. The highest BCUT2D eigenvalue weighted by Gasteiger charge is 2.23. The lowest BCUT2D eigenvalue weighted by molar-refractivity contribution is -0.133. The minimum Gasteiger partial charge on any atom is -0.481 e. The van der Waals surface area contributed by atoms with Crippen molar-refractivity contribution in [1.29, 1.82) is 0 Å². The van der Waals surface area contributed by atoms with E-state index in [0.717, 1.165) is 16.3 Å². The number of carbonyl (C=O) groups excluding carboxylic acids is 1. The van der Waals surface area contributed by atoms with E-state index in [9.17, 15) is 9.59 Å². The standard InChI is InChI=1S/C18H22N2O3S2/c1-11-15(25-17(19-11)18(2,3)4)16(23)20-13-7-5-6-12(8-13)9-24-10-14(21)22/h5-8H,9-10H2,1-4H3,(H,20,23)(H,21,22). The van der Waals surface area contributed by atoms with E-state index in [-0.39, 0.29) is 17.1 Å². The van der Waals surface area contributed by atoms with Crippen LogP contribution in [0.2, 0.25) is 0 Å². The molecule has 5 nitrogen and oxygen atoms in total. The summed E-state index contributed by atoms with van der Waals surface area (Å²) in [6.07, 6.45) is 0. The number of aryl methyl sites for hydroxylation is 1. The number of thioether (sulfide) groups is 1. The second kappa shape index (κ2) is 8.01. The Bertz CT molecular complexity index is 779. The summed E-state index contributed by atoms with van der Waals surface area (Å²) in [4.78, 5) is 28.3. The quantitative estimate of drug-likeness (QED) is 0.782. The zero-order valence-corrected chi connectivity index (χ0v) is 16.4. The Kier molecular flexibility index (Phi) is 6.24. The molecule has 0 aliphatic heterocycles. The van der Waals surface area contributed by atoms with E-state index >= 15 is 0 Å². The molecular weight excluding hydrogens is 356 g/mol. The third-order valence-corrected chi connectivity index (χ3v) is 5.89. The van der Waals surface area contributed by atoms with E-state index in [1.54, 1.807) is 0 Å². The van der Waals surface area contributed by atoms with Crippen LogP contribution >= 0.6 is 23.1 Å². The second-order valence-electron chi connectivity index (χ2n) is 6.72. The van der Waals surface area contributed by atoms with Crippen molar-refractivity contribution in [1.82, 2.24) is 4.98 Å². The zero-order chi connectivity index (χ0) is 18.6. The molecule has 7 heteroatoms. The van der Waals surface area contributed by atoms with Crippen molar-refractivity contribution < 1.29 is 14.7 Å². The summed E-state index contributed by atoms with van der Waals surface area (Å²) in [5.74, 6) is -0.346. The maximum absolute atomic E-state index is 12.6. The molecule has 1 aromatic carbocycles. The van der Waals surface area contributed by atoms with E-state index in [2.05, 4.69) is 31.1 Å². The average molecular weight is 379 g/mol. The van der Waals surface area contributed by atoms with Gasteiger partial charge in [0, 0.05) is 16.9 Å². The molecule has 2 rings (SSSR count). The van der Waals surface area contributed by atoms with Crippen molar-refractivity contribution in [3.05, 3.63) is 45.4 Å². The number of rotatable bonds is 6. The van der Waals surface area contributed by atoms with Gasteiger partial charge in [-0.3, -0.25) is 9.59 Å². The second-order valence-corrected chi connectivity index (χ2v) is 8.71. The molecule has 0 bridgehead atoms. The van der Waals surface area contributed by atoms with E-state index < -0.39 is 5.97 Å². The first-order valence-electron chi connectivity index (χ1n) is 7.84. The van der Waals surface area contributed by atoms with Crippen LogP contribution in [0.4, 0.5) is 5.69 Å². The molecule has 2 aromatic rings. The topological polar surface area (TPSA) is 79.3 Å². The number of benzene rings is 1. The fourth-order valence-electron chi connectivity index (χ4n) is 2.11. The SMILES string of the molecule is Cc1nc(C(C)(C)C)sc1C(=O)Nc1cccc(CSCC(=O)O)c1. The normalized spacial score (nSPS) is 11.4. The van der Waals surface area contributed by atoms with Gasteiger partial charge in [0.15, 0.2) is 0 Å². The summed E-state index contributed by atoms with van der Waals surface area (Å²) >= 11 is 2.75. The summed E-state index contributed by atoms with van der Waals surface area (Å²) in [6.45, 7) is 8.07. The van der Waals surface area contributed by atoms with Gasteiger partial charge in [0.05, 0.1) is 16.5 Å². The van der Waals surface area contributed by atoms with Crippen LogP contribution in [0, 0.1) is 6.92 Å². The van der Waals surface area contributed by atoms with Gasteiger partial charge in [-0.05, 0) is 24.6 Å². The lowest BCUT2D eigenvalue weighted by Gasteiger charge is -2.13. The third-order valence-electron chi connectivity index (χ3n) is 3.32. The molecule has 0 aliphatic rings. The van der Waals surface area contributed by atoms with Gasteiger partial charge in [-0.25, -0.2) is 4.98 Å². The van der Waals surface area contributed by atoms with Crippen LogP contribution in [0.25, 0.3) is 0 Å². The lowest BCUT2D eigenvalue weighted by Crippen LogP contribution is -2.11. The highest BCUT2D eigenvalue weighted by Crippen LogP contribution is 2.29. The molecule has 0 fully saturated rings. The first-order valence-corrected chi connectivity index (χ1v) is 9.81. The zero-order valence-electron chi connectivity index (χ0n) is 14.8. The Morgan fingerprint density at radius 3 is 2.64 bits per heavy atom. The summed E-state index contributed by atoms with van der Waals surface area (Å²) in [6, 6.07) is 7.46. The fraction of sp³-hybridized carbons (Fsp3) is 0.389.